The van der Waals surface area contributed by atoms with Gasteiger partial charge in [0.1, 0.15) is 13.2 Å². The number of carbonyl (C=O) groups is 1. The Morgan fingerprint density at radius 3 is 2.72 bits per heavy atom. The molecular weight excluding hydrogens is 390 g/mol. The normalized spacial score (nSPS) is 13.2. The molecule has 1 N–H and O–H groups in total. The average molecular weight is 412 g/mol. The highest BCUT2D eigenvalue weighted by Gasteiger charge is 2.24. The first-order valence-electron chi connectivity index (χ1n) is 9.42. The Balaban J connectivity index is 1.45. The third kappa shape index (κ3) is 4.07. The molecule has 2 heterocycles. The van der Waals surface area contributed by atoms with Gasteiger partial charge in [-0.25, -0.2) is 4.68 Å². The molecule has 0 unspecified atom stereocenters. The Hall–Kier alpha value is -2.99. The molecule has 4 rings (SSSR count). The van der Waals surface area contributed by atoms with E-state index < -0.39 is 0 Å². The van der Waals surface area contributed by atoms with E-state index in [1.807, 2.05) is 36.4 Å². The van der Waals surface area contributed by atoms with E-state index in [0.717, 1.165) is 22.7 Å². The summed E-state index contributed by atoms with van der Waals surface area (Å²) in [5.41, 5.74) is 1.98. The Bertz CT molecular complexity index is 1050. The van der Waals surface area contributed by atoms with Crippen LogP contribution in [0.25, 0.3) is 5.69 Å². The Morgan fingerprint density at radius 1 is 1.17 bits per heavy atom. The van der Waals surface area contributed by atoms with Crippen LogP contribution in [0.15, 0.2) is 54.9 Å². The summed E-state index contributed by atoms with van der Waals surface area (Å²) in [6, 6.07) is 13.3. The maximum absolute atomic E-state index is 12.6. The molecule has 0 atom stereocenters. The third-order valence-corrected chi connectivity index (χ3v) is 5.28. The fourth-order valence-corrected chi connectivity index (χ4v) is 3.40. The quantitative estimate of drug-likeness (QED) is 0.689. The molecule has 6 nitrogen and oxygen atoms in total. The minimum Gasteiger partial charge on any atom is -0.486 e. The van der Waals surface area contributed by atoms with Crippen LogP contribution in [0.2, 0.25) is 5.02 Å². The van der Waals surface area contributed by atoms with Gasteiger partial charge in [-0.05, 0) is 29.8 Å². The van der Waals surface area contributed by atoms with Gasteiger partial charge >= 0.3 is 0 Å². The highest BCUT2D eigenvalue weighted by atomic mass is 35.5. The summed E-state index contributed by atoms with van der Waals surface area (Å²) >= 11 is 6.21. The molecule has 3 aromatic rings. The molecule has 0 fully saturated rings. The van der Waals surface area contributed by atoms with Crippen LogP contribution in [-0.2, 0) is 5.41 Å². The minimum atomic E-state index is -0.287. The first-order valence-corrected chi connectivity index (χ1v) is 9.80. The molecule has 150 valence electrons. The van der Waals surface area contributed by atoms with Crippen LogP contribution >= 0.6 is 11.6 Å². The molecule has 1 aromatic heterocycles. The van der Waals surface area contributed by atoms with Crippen LogP contribution in [0.3, 0.4) is 0 Å². The van der Waals surface area contributed by atoms with Crippen molar-refractivity contribution in [3.8, 4) is 17.2 Å². The van der Waals surface area contributed by atoms with E-state index in [9.17, 15) is 4.79 Å². The van der Waals surface area contributed by atoms with Crippen molar-refractivity contribution in [2.75, 3.05) is 19.8 Å². The van der Waals surface area contributed by atoms with Crippen molar-refractivity contribution in [3.05, 3.63) is 71.0 Å². The number of hydrogen-bond donors (Lipinski definition) is 1. The first kappa shape index (κ1) is 19.3. The Morgan fingerprint density at radius 2 is 1.93 bits per heavy atom. The smallest absolute Gasteiger partial charge is 0.254 e. The molecule has 0 aliphatic carbocycles. The second-order valence-electron chi connectivity index (χ2n) is 7.55. The van der Waals surface area contributed by atoms with Gasteiger partial charge in [0, 0.05) is 18.2 Å². The van der Waals surface area contributed by atoms with E-state index in [1.165, 1.54) is 6.20 Å². The molecule has 0 radical (unpaired) electrons. The molecule has 1 aliphatic heterocycles. The van der Waals surface area contributed by atoms with Crippen LogP contribution in [0.5, 0.6) is 11.5 Å². The second kappa shape index (κ2) is 7.79. The van der Waals surface area contributed by atoms with Crippen molar-refractivity contribution < 1.29 is 14.3 Å². The number of rotatable bonds is 5. The standard InChI is InChI=1S/C22H22ClN3O3/c1-22(2,16-7-8-19-20(11-16)29-10-9-28-19)14-24-21(27)15-12-25-26(13-15)18-6-4-3-5-17(18)23/h3-8,11-13H,9-10,14H2,1-2H3,(H,24,27). The molecule has 1 amide bonds. The molecule has 0 saturated heterocycles. The third-order valence-electron chi connectivity index (χ3n) is 4.96. The van der Waals surface area contributed by atoms with Gasteiger partial charge in [0.15, 0.2) is 11.5 Å². The molecule has 1 aliphatic rings. The minimum absolute atomic E-state index is 0.186. The zero-order valence-electron chi connectivity index (χ0n) is 16.3. The van der Waals surface area contributed by atoms with Crippen LogP contribution in [0.4, 0.5) is 0 Å². The highest BCUT2D eigenvalue weighted by molar-refractivity contribution is 6.32. The molecule has 7 heteroatoms. The van der Waals surface area contributed by atoms with Gasteiger partial charge in [0.2, 0.25) is 0 Å². The van der Waals surface area contributed by atoms with E-state index in [4.69, 9.17) is 21.1 Å². The summed E-state index contributed by atoms with van der Waals surface area (Å²) in [6.07, 6.45) is 3.21. The molecule has 0 spiro atoms. The number of hydrogen-bond acceptors (Lipinski definition) is 4. The number of fused-ring (bicyclic) bond motifs is 1. The zero-order chi connectivity index (χ0) is 20.4. The number of nitrogens with zero attached hydrogens (tertiary/aromatic N) is 2. The lowest BCUT2D eigenvalue weighted by atomic mass is 9.84. The van der Waals surface area contributed by atoms with Gasteiger partial charge in [0.05, 0.1) is 22.5 Å². The molecule has 0 bridgehead atoms. The predicted octanol–water partition coefficient (Wildman–Crippen LogP) is 4.00. The largest absolute Gasteiger partial charge is 0.486 e. The van der Waals surface area contributed by atoms with E-state index in [2.05, 4.69) is 24.3 Å². The first-order chi connectivity index (χ1) is 13.9. The highest BCUT2D eigenvalue weighted by Crippen LogP contribution is 2.35. The summed E-state index contributed by atoms with van der Waals surface area (Å²) in [4.78, 5) is 12.6. The van der Waals surface area contributed by atoms with Crippen LogP contribution in [0, 0.1) is 0 Å². The van der Waals surface area contributed by atoms with E-state index >= 15 is 0 Å². The topological polar surface area (TPSA) is 65.4 Å². The average Bonchev–Trinajstić information content (AvgIpc) is 3.22. The van der Waals surface area contributed by atoms with Crippen molar-refractivity contribution in [2.24, 2.45) is 0 Å². The van der Waals surface area contributed by atoms with Crippen molar-refractivity contribution in [1.82, 2.24) is 15.1 Å². The van der Waals surface area contributed by atoms with Gasteiger partial charge in [-0.2, -0.15) is 5.10 Å². The molecule has 29 heavy (non-hydrogen) atoms. The summed E-state index contributed by atoms with van der Waals surface area (Å²) in [6.45, 7) is 5.72. The number of aromatic nitrogens is 2. The number of benzene rings is 2. The van der Waals surface area contributed by atoms with Gasteiger partial charge in [-0.1, -0.05) is 43.6 Å². The van der Waals surface area contributed by atoms with E-state index in [-0.39, 0.29) is 11.3 Å². The van der Waals surface area contributed by atoms with E-state index in [0.29, 0.717) is 30.3 Å². The number of halogens is 1. The summed E-state index contributed by atoms with van der Waals surface area (Å²) in [5.74, 6) is 1.31. The van der Waals surface area contributed by atoms with Crippen LogP contribution in [0.1, 0.15) is 29.8 Å². The Kier molecular flexibility index (Phi) is 5.20. The van der Waals surface area contributed by atoms with Gasteiger partial charge in [0.25, 0.3) is 5.91 Å². The predicted molar refractivity (Wildman–Crippen MR) is 111 cm³/mol. The summed E-state index contributed by atoms with van der Waals surface area (Å²) in [5, 5.41) is 7.83. The Labute approximate surface area is 174 Å². The zero-order valence-corrected chi connectivity index (χ0v) is 17.1. The van der Waals surface area contributed by atoms with Crippen molar-refractivity contribution in [3.63, 3.8) is 0 Å². The van der Waals surface area contributed by atoms with Gasteiger partial charge < -0.3 is 14.8 Å². The number of para-hydroxylation sites is 1. The fraction of sp³-hybridized carbons (Fsp3) is 0.273. The van der Waals surface area contributed by atoms with Crippen LogP contribution < -0.4 is 14.8 Å². The van der Waals surface area contributed by atoms with Crippen molar-refractivity contribution >= 4 is 17.5 Å². The molecule has 2 aromatic carbocycles. The monoisotopic (exact) mass is 411 g/mol. The fourth-order valence-electron chi connectivity index (χ4n) is 3.18. The number of nitrogens with one attached hydrogen (secondary N) is 1. The lowest BCUT2D eigenvalue weighted by Gasteiger charge is -2.27. The number of carbonyl (C=O) groups excluding carboxylic acids is 1. The van der Waals surface area contributed by atoms with Crippen molar-refractivity contribution in [1.29, 1.82) is 0 Å². The molecular formula is C22H22ClN3O3. The summed E-state index contributed by atoms with van der Waals surface area (Å²) in [7, 11) is 0. The van der Waals surface area contributed by atoms with Crippen LogP contribution in [-0.4, -0.2) is 35.4 Å². The maximum atomic E-state index is 12.6. The SMILES string of the molecule is CC(C)(CNC(=O)c1cnn(-c2ccccc2Cl)c1)c1ccc2c(c1)OCCO2. The second-order valence-corrected chi connectivity index (χ2v) is 7.96. The number of amides is 1. The maximum Gasteiger partial charge on any atom is 0.254 e. The van der Waals surface area contributed by atoms with Gasteiger partial charge in [-0.15, -0.1) is 0 Å². The summed E-state index contributed by atoms with van der Waals surface area (Å²) < 4.78 is 12.9. The lowest BCUT2D eigenvalue weighted by Crippen LogP contribution is -2.36. The lowest BCUT2D eigenvalue weighted by molar-refractivity contribution is 0.0945. The number of ether oxygens (including phenoxy) is 2. The molecule has 0 saturated carbocycles. The van der Waals surface area contributed by atoms with Gasteiger partial charge in [-0.3, -0.25) is 4.79 Å². The van der Waals surface area contributed by atoms with Crippen molar-refractivity contribution in [2.45, 2.75) is 19.3 Å². The van der Waals surface area contributed by atoms with E-state index in [1.54, 1.807) is 16.9 Å².